The quantitative estimate of drug-likeness (QED) is 0.713. The number of carbonyl (C=O) groups is 3. The molecular weight excluding hydrogens is 378 g/mol. The molecule has 0 radical (unpaired) electrons. The molecule has 2 N–H and O–H groups in total. The van der Waals surface area contributed by atoms with E-state index in [1.807, 2.05) is 37.3 Å². The molecule has 2 aromatic rings. The van der Waals surface area contributed by atoms with Gasteiger partial charge in [-0.15, -0.1) is 0 Å². The van der Waals surface area contributed by atoms with Crippen molar-refractivity contribution < 1.29 is 14.4 Å². The number of carbonyl (C=O) groups excluding carboxylic acids is 3. The third kappa shape index (κ3) is 6.09. The Balaban J connectivity index is 2.14. The first-order valence-electron chi connectivity index (χ1n) is 9.03. The van der Waals surface area contributed by atoms with Gasteiger partial charge in [0.15, 0.2) is 0 Å². The highest BCUT2D eigenvalue weighted by molar-refractivity contribution is 6.33. The highest BCUT2D eigenvalue weighted by atomic mass is 35.5. The molecule has 2 aromatic carbocycles. The maximum Gasteiger partial charge on any atom is 0.253 e. The van der Waals surface area contributed by atoms with Crippen molar-refractivity contribution in [3.8, 4) is 0 Å². The zero-order valence-electron chi connectivity index (χ0n) is 15.9. The van der Waals surface area contributed by atoms with Gasteiger partial charge < -0.3 is 15.5 Å². The summed E-state index contributed by atoms with van der Waals surface area (Å²) in [4.78, 5) is 38.4. The molecule has 3 amide bonds. The highest BCUT2D eigenvalue weighted by Crippen LogP contribution is 2.21. The normalized spacial score (nSPS) is 11.4. The number of nitrogens with zero attached hydrogens (tertiary/aromatic N) is 1. The lowest BCUT2D eigenvalue weighted by Crippen LogP contribution is -2.40. The Hall–Kier alpha value is -2.86. The number of nitrogens with one attached hydrogen (secondary N) is 2. The van der Waals surface area contributed by atoms with Gasteiger partial charge in [-0.1, -0.05) is 54.1 Å². The van der Waals surface area contributed by atoms with E-state index in [9.17, 15) is 14.4 Å². The second-order valence-electron chi connectivity index (χ2n) is 6.32. The molecule has 0 unspecified atom stereocenters. The lowest BCUT2D eigenvalue weighted by atomic mass is 10.0. The van der Waals surface area contributed by atoms with E-state index in [0.717, 1.165) is 5.56 Å². The van der Waals surface area contributed by atoms with Crippen molar-refractivity contribution in [3.05, 3.63) is 70.7 Å². The maximum absolute atomic E-state index is 12.7. The molecule has 7 heteroatoms. The minimum atomic E-state index is -0.547. The van der Waals surface area contributed by atoms with Crippen LogP contribution in [0.1, 0.15) is 35.3 Å². The van der Waals surface area contributed by atoms with Gasteiger partial charge in [-0.05, 0) is 24.6 Å². The van der Waals surface area contributed by atoms with Crippen LogP contribution in [0, 0.1) is 0 Å². The first kappa shape index (κ1) is 21.4. The molecule has 0 aliphatic carbocycles. The fraction of sp³-hybridized carbons (Fsp3) is 0.286. The van der Waals surface area contributed by atoms with Crippen molar-refractivity contribution in [2.24, 2.45) is 0 Å². The molecule has 0 aromatic heterocycles. The van der Waals surface area contributed by atoms with Crippen molar-refractivity contribution in [3.63, 3.8) is 0 Å². The van der Waals surface area contributed by atoms with Crippen LogP contribution < -0.4 is 10.6 Å². The minimum absolute atomic E-state index is 0.0239. The summed E-state index contributed by atoms with van der Waals surface area (Å²) in [7, 11) is 1.56. The van der Waals surface area contributed by atoms with Crippen molar-refractivity contribution in [1.82, 2.24) is 15.5 Å². The number of likely N-dealkylation sites (N-methyl/N-ethyl adjacent to an activating group) is 2. The van der Waals surface area contributed by atoms with Crippen LogP contribution in [0.25, 0.3) is 0 Å². The Morgan fingerprint density at radius 2 is 1.68 bits per heavy atom. The molecule has 148 valence electrons. The molecule has 2 rings (SSSR count). The van der Waals surface area contributed by atoms with E-state index in [1.54, 1.807) is 31.3 Å². The van der Waals surface area contributed by atoms with Gasteiger partial charge in [-0.25, -0.2) is 0 Å². The van der Waals surface area contributed by atoms with Gasteiger partial charge in [0.25, 0.3) is 5.91 Å². The zero-order chi connectivity index (χ0) is 20.5. The van der Waals surface area contributed by atoms with Gasteiger partial charge >= 0.3 is 0 Å². The maximum atomic E-state index is 12.7. The van der Waals surface area contributed by atoms with Crippen molar-refractivity contribution in [1.29, 1.82) is 0 Å². The van der Waals surface area contributed by atoms with E-state index in [2.05, 4.69) is 10.6 Å². The van der Waals surface area contributed by atoms with Crippen LogP contribution in [0.15, 0.2) is 54.6 Å². The number of hydrogen-bond donors (Lipinski definition) is 2. The van der Waals surface area contributed by atoms with Crippen LogP contribution in [0.5, 0.6) is 0 Å². The van der Waals surface area contributed by atoms with Gasteiger partial charge in [0.05, 0.1) is 29.6 Å². The molecule has 0 aliphatic rings. The molecular formula is C21H24ClN3O3. The summed E-state index contributed by atoms with van der Waals surface area (Å²) in [6, 6.07) is 15.4. The van der Waals surface area contributed by atoms with E-state index in [-0.39, 0.29) is 30.7 Å². The van der Waals surface area contributed by atoms with Gasteiger partial charge in [0, 0.05) is 13.6 Å². The average Bonchev–Trinajstić information content (AvgIpc) is 2.68. The molecule has 0 saturated heterocycles. The second kappa shape index (κ2) is 10.5. The molecule has 0 aliphatic heterocycles. The number of amides is 3. The second-order valence-corrected chi connectivity index (χ2v) is 6.73. The van der Waals surface area contributed by atoms with Crippen molar-refractivity contribution >= 4 is 29.3 Å². The first-order chi connectivity index (χ1) is 13.4. The molecule has 0 spiro atoms. The molecule has 1 atom stereocenters. The van der Waals surface area contributed by atoms with E-state index in [4.69, 9.17) is 11.6 Å². The number of halogens is 1. The molecule has 28 heavy (non-hydrogen) atoms. The third-order valence-electron chi connectivity index (χ3n) is 4.18. The molecule has 0 saturated carbocycles. The lowest BCUT2D eigenvalue weighted by Gasteiger charge is -2.23. The van der Waals surface area contributed by atoms with Gasteiger partial charge in [-0.3, -0.25) is 14.4 Å². The predicted octanol–water partition coefficient (Wildman–Crippen LogP) is 2.80. The summed E-state index contributed by atoms with van der Waals surface area (Å²) in [5.41, 5.74) is 1.14. The van der Waals surface area contributed by atoms with Gasteiger partial charge in [0.1, 0.15) is 0 Å². The summed E-state index contributed by atoms with van der Waals surface area (Å²) < 4.78 is 0. The minimum Gasteiger partial charge on any atom is -0.355 e. The SMILES string of the molecule is CCNC(=O)CN(C)C(=O)C[C@@H](NC(=O)c1ccccc1Cl)c1ccccc1. The topological polar surface area (TPSA) is 78.5 Å². The van der Waals surface area contributed by atoms with E-state index < -0.39 is 6.04 Å². The Labute approximate surface area is 169 Å². The summed E-state index contributed by atoms with van der Waals surface area (Å²) in [6.45, 7) is 2.28. The fourth-order valence-corrected chi connectivity index (χ4v) is 2.93. The largest absolute Gasteiger partial charge is 0.355 e. The monoisotopic (exact) mass is 401 g/mol. The van der Waals surface area contributed by atoms with Crippen LogP contribution in [0.2, 0.25) is 5.02 Å². The molecule has 0 fully saturated rings. The van der Waals surface area contributed by atoms with Crippen LogP contribution in [0.4, 0.5) is 0 Å². The van der Waals surface area contributed by atoms with Crippen LogP contribution in [0.3, 0.4) is 0 Å². The average molecular weight is 402 g/mol. The Morgan fingerprint density at radius 3 is 2.32 bits per heavy atom. The van der Waals surface area contributed by atoms with E-state index in [0.29, 0.717) is 17.1 Å². The van der Waals surface area contributed by atoms with Gasteiger partial charge in [0.2, 0.25) is 11.8 Å². The summed E-state index contributed by atoms with van der Waals surface area (Å²) in [5, 5.41) is 5.88. The summed E-state index contributed by atoms with van der Waals surface area (Å²) in [6.07, 6.45) is 0.0239. The number of hydrogen-bond acceptors (Lipinski definition) is 3. The molecule has 0 heterocycles. The molecule has 0 bridgehead atoms. The Kier molecular flexibility index (Phi) is 8.02. The van der Waals surface area contributed by atoms with Crippen LogP contribution >= 0.6 is 11.6 Å². The van der Waals surface area contributed by atoms with Crippen molar-refractivity contribution in [2.75, 3.05) is 20.1 Å². The lowest BCUT2D eigenvalue weighted by molar-refractivity contribution is -0.135. The first-order valence-corrected chi connectivity index (χ1v) is 9.41. The van der Waals surface area contributed by atoms with Crippen LogP contribution in [-0.4, -0.2) is 42.8 Å². The van der Waals surface area contributed by atoms with Gasteiger partial charge in [-0.2, -0.15) is 0 Å². The zero-order valence-corrected chi connectivity index (χ0v) is 16.7. The van der Waals surface area contributed by atoms with Crippen molar-refractivity contribution in [2.45, 2.75) is 19.4 Å². The predicted molar refractivity (Wildman–Crippen MR) is 109 cm³/mol. The molecule has 6 nitrogen and oxygen atoms in total. The smallest absolute Gasteiger partial charge is 0.253 e. The van der Waals surface area contributed by atoms with Crippen LogP contribution in [-0.2, 0) is 9.59 Å². The Bertz CT molecular complexity index is 827. The van der Waals surface area contributed by atoms with E-state index >= 15 is 0 Å². The standard InChI is InChI=1S/C21H24ClN3O3/c1-3-23-19(26)14-25(2)20(27)13-18(15-9-5-4-6-10-15)24-21(28)16-11-7-8-12-17(16)22/h4-12,18H,3,13-14H2,1-2H3,(H,23,26)(H,24,28)/t18-/m1/s1. The Morgan fingerprint density at radius 1 is 1.04 bits per heavy atom. The fourth-order valence-electron chi connectivity index (χ4n) is 2.71. The third-order valence-corrected chi connectivity index (χ3v) is 4.51. The number of rotatable bonds is 8. The van der Waals surface area contributed by atoms with E-state index in [1.165, 1.54) is 4.90 Å². The number of benzene rings is 2. The highest BCUT2D eigenvalue weighted by Gasteiger charge is 2.22. The summed E-state index contributed by atoms with van der Waals surface area (Å²) >= 11 is 6.11. The summed E-state index contributed by atoms with van der Waals surface area (Å²) in [5.74, 6) is -0.840.